The summed E-state index contributed by atoms with van der Waals surface area (Å²) in [5, 5.41) is 2.72. The van der Waals surface area contributed by atoms with E-state index < -0.39 is 12.1 Å². The normalized spacial score (nSPS) is 27.5. The molecule has 0 unspecified atom stereocenters. The van der Waals surface area contributed by atoms with Crippen molar-refractivity contribution in [1.82, 2.24) is 5.32 Å². The molecule has 0 saturated carbocycles. The molecule has 2 atom stereocenters. The second kappa shape index (κ2) is 3.01. The lowest BCUT2D eigenvalue weighted by molar-refractivity contribution is -0.168. The molecule has 4 heteroatoms. The molecular formula is C9H15NO3. The number of carbonyl (C=O) groups excluding carboxylic acids is 2. The van der Waals surface area contributed by atoms with Crippen LogP contribution >= 0.6 is 0 Å². The number of nitrogens with one attached hydrogen (secondary N) is 1. The van der Waals surface area contributed by atoms with Gasteiger partial charge in [0.25, 0.3) is 5.91 Å². The minimum absolute atomic E-state index is 0.0658. The van der Waals surface area contributed by atoms with Gasteiger partial charge >= 0.3 is 5.97 Å². The molecule has 13 heavy (non-hydrogen) atoms. The number of hydrogen-bond acceptors (Lipinski definition) is 3. The zero-order valence-electron chi connectivity index (χ0n) is 8.38. The average Bonchev–Trinajstić information content (AvgIpc) is 1.93. The molecule has 1 heterocycles. The van der Waals surface area contributed by atoms with Gasteiger partial charge in [-0.05, 0) is 5.41 Å². The fourth-order valence-corrected chi connectivity index (χ4v) is 1.34. The predicted molar refractivity (Wildman–Crippen MR) is 46.9 cm³/mol. The van der Waals surface area contributed by atoms with Crippen LogP contribution in [-0.2, 0) is 14.3 Å². The van der Waals surface area contributed by atoms with Gasteiger partial charge in [-0.2, -0.15) is 0 Å². The zero-order chi connectivity index (χ0) is 10.2. The molecular weight excluding hydrogens is 170 g/mol. The van der Waals surface area contributed by atoms with Crippen molar-refractivity contribution in [3.63, 3.8) is 0 Å². The Bertz CT molecular complexity index is 242. The summed E-state index contributed by atoms with van der Waals surface area (Å²) in [7, 11) is 0. The maximum atomic E-state index is 11.0. The number of hydrogen-bond donors (Lipinski definition) is 1. The molecule has 1 rings (SSSR count). The highest BCUT2D eigenvalue weighted by Gasteiger charge is 2.48. The van der Waals surface area contributed by atoms with Gasteiger partial charge in [-0.3, -0.25) is 9.59 Å². The summed E-state index contributed by atoms with van der Waals surface area (Å²) in [6.45, 7) is 7.29. The quantitative estimate of drug-likeness (QED) is 0.477. The van der Waals surface area contributed by atoms with Crippen LogP contribution in [0.4, 0.5) is 0 Å². The number of β-lactam (4-membered cyclic amide) rings is 1. The van der Waals surface area contributed by atoms with Crippen molar-refractivity contribution in [3.8, 4) is 0 Å². The van der Waals surface area contributed by atoms with Crippen LogP contribution < -0.4 is 5.32 Å². The first-order chi connectivity index (χ1) is 5.82. The van der Waals surface area contributed by atoms with Crippen LogP contribution in [0.5, 0.6) is 0 Å². The smallest absolute Gasteiger partial charge is 0.303 e. The van der Waals surface area contributed by atoms with Crippen LogP contribution in [0.15, 0.2) is 0 Å². The molecule has 1 saturated heterocycles. The van der Waals surface area contributed by atoms with E-state index in [9.17, 15) is 9.59 Å². The number of rotatable bonds is 1. The van der Waals surface area contributed by atoms with Crippen LogP contribution in [-0.4, -0.2) is 24.0 Å². The second-order valence-electron chi connectivity index (χ2n) is 4.38. The lowest BCUT2D eigenvalue weighted by atomic mass is 9.78. The Morgan fingerprint density at radius 1 is 1.46 bits per heavy atom. The lowest BCUT2D eigenvalue weighted by Gasteiger charge is -2.43. The Hall–Kier alpha value is -1.06. The number of ether oxygens (including phenoxy) is 1. The van der Waals surface area contributed by atoms with Crippen LogP contribution in [0.3, 0.4) is 0 Å². The molecule has 0 radical (unpaired) electrons. The first-order valence-corrected chi connectivity index (χ1v) is 4.30. The van der Waals surface area contributed by atoms with Crippen molar-refractivity contribution in [1.29, 1.82) is 0 Å². The third-order valence-corrected chi connectivity index (χ3v) is 2.08. The van der Waals surface area contributed by atoms with Crippen LogP contribution in [0.1, 0.15) is 27.7 Å². The summed E-state index contributed by atoms with van der Waals surface area (Å²) in [5.41, 5.74) is -0.0754. The van der Waals surface area contributed by atoms with E-state index in [2.05, 4.69) is 5.32 Å². The molecule has 0 aliphatic carbocycles. The van der Waals surface area contributed by atoms with Gasteiger partial charge in [0.05, 0.1) is 6.04 Å². The zero-order valence-corrected chi connectivity index (χ0v) is 8.38. The molecule has 0 aromatic rings. The highest BCUT2D eigenvalue weighted by molar-refractivity contribution is 5.90. The molecule has 1 fully saturated rings. The predicted octanol–water partition coefficient (Wildman–Crippen LogP) is 0.463. The van der Waals surface area contributed by atoms with E-state index in [1.54, 1.807) is 0 Å². The average molecular weight is 185 g/mol. The Labute approximate surface area is 77.6 Å². The van der Waals surface area contributed by atoms with Gasteiger partial charge < -0.3 is 10.1 Å². The molecule has 0 spiro atoms. The minimum Gasteiger partial charge on any atom is -0.450 e. The Morgan fingerprint density at radius 3 is 2.31 bits per heavy atom. The van der Waals surface area contributed by atoms with E-state index >= 15 is 0 Å². The van der Waals surface area contributed by atoms with Crippen molar-refractivity contribution in [3.05, 3.63) is 0 Å². The SMILES string of the molecule is CC(=O)O[C@H]1C(=O)N[C@H]1C(C)(C)C. The molecule has 4 nitrogen and oxygen atoms in total. The van der Waals surface area contributed by atoms with Gasteiger partial charge in [0.1, 0.15) is 0 Å². The molecule has 1 amide bonds. The van der Waals surface area contributed by atoms with E-state index in [4.69, 9.17) is 4.74 Å². The van der Waals surface area contributed by atoms with Crippen molar-refractivity contribution in [2.24, 2.45) is 5.41 Å². The van der Waals surface area contributed by atoms with Crippen molar-refractivity contribution < 1.29 is 14.3 Å². The number of esters is 1. The fourth-order valence-electron chi connectivity index (χ4n) is 1.34. The summed E-state index contributed by atoms with van der Waals surface area (Å²) in [5.74, 6) is -0.607. The van der Waals surface area contributed by atoms with E-state index in [1.807, 2.05) is 20.8 Å². The topological polar surface area (TPSA) is 55.4 Å². The molecule has 0 bridgehead atoms. The number of carbonyl (C=O) groups is 2. The highest BCUT2D eigenvalue weighted by Crippen LogP contribution is 2.28. The van der Waals surface area contributed by atoms with Crippen molar-refractivity contribution in [2.75, 3.05) is 0 Å². The Morgan fingerprint density at radius 2 is 2.00 bits per heavy atom. The fraction of sp³-hybridized carbons (Fsp3) is 0.778. The maximum absolute atomic E-state index is 11.0. The summed E-state index contributed by atoms with van der Waals surface area (Å²) in [4.78, 5) is 21.7. The summed E-state index contributed by atoms with van der Waals surface area (Å²) in [6, 6.07) is -0.0658. The first kappa shape index (κ1) is 10.0. The third-order valence-electron chi connectivity index (χ3n) is 2.08. The summed E-state index contributed by atoms with van der Waals surface area (Å²) < 4.78 is 4.89. The van der Waals surface area contributed by atoms with Crippen LogP contribution in [0.2, 0.25) is 0 Å². The van der Waals surface area contributed by atoms with Gasteiger partial charge in [-0.25, -0.2) is 0 Å². The Kier molecular flexibility index (Phi) is 2.32. The molecule has 0 aromatic carbocycles. The van der Waals surface area contributed by atoms with E-state index in [1.165, 1.54) is 6.92 Å². The molecule has 1 aliphatic rings. The van der Waals surface area contributed by atoms with E-state index in [-0.39, 0.29) is 17.4 Å². The molecule has 74 valence electrons. The largest absolute Gasteiger partial charge is 0.450 e. The number of amides is 1. The van der Waals surface area contributed by atoms with E-state index in [0.29, 0.717) is 0 Å². The van der Waals surface area contributed by atoms with Gasteiger partial charge in [-0.1, -0.05) is 20.8 Å². The first-order valence-electron chi connectivity index (χ1n) is 4.30. The standard InChI is InChI=1S/C9H15NO3/c1-5(11)13-6-7(9(2,3)4)10-8(6)12/h6-7H,1-4H3,(H,10,12)/t6-,7-/m1/s1. The second-order valence-corrected chi connectivity index (χ2v) is 4.38. The van der Waals surface area contributed by atoms with Crippen LogP contribution in [0.25, 0.3) is 0 Å². The van der Waals surface area contributed by atoms with Gasteiger partial charge in [0.15, 0.2) is 0 Å². The third kappa shape index (κ3) is 1.99. The molecule has 1 N–H and O–H groups in total. The minimum atomic E-state index is -0.600. The van der Waals surface area contributed by atoms with Crippen LogP contribution in [0, 0.1) is 5.41 Å². The van der Waals surface area contributed by atoms with Gasteiger partial charge in [-0.15, -0.1) is 0 Å². The van der Waals surface area contributed by atoms with E-state index in [0.717, 1.165) is 0 Å². The molecule has 1 aliphatic heterocycles. The lowest BCUT2D eigenvalue weighted by Crippen LogP contribution is -2.68. The molecule has 0 aromatic heterocycles. The summed E-state index contributed by atoms with van der Waals surface area (Å²) >= 11 is 0. The van der Waals surface area contributed by atoms with Gasteiger partial charge in [0, 0.05) is 6.92 Å². The van der Waals surface area contributed by atoms with Gasteiger partial charge in [0.2, 0.25) is 6.10 Å². The summed E-state index contributed by atoms with van der Waals surface area (Å²) in [6.07, 6.45) is -0.600. The Balaban J connectivity index is 2.61. The highest BCUT2D eigenvalue weighted by atomic mass is 16.6. The van der Waals surface area contributed by atoms with Crippen molar-refractivity contribution in [2.45, 2.75) is 39.8 Å². The monoisotopic (exact) mass is 185 g/mol. The maximum Gasteiger partial charge on any atom is 0.303 e. The van der Waals surface area contributed by atoms with Crippen molar-refractivity contribution >= 4 is 11.9 Å².